The second kappa shape index (κ2) is 6.87. The monoisotopic (exact) mass is 458 g/mol. The summed E-state index contributed by atoms with van der Waals surface area (Å²) in [7, 11) is 0. The highest BCUT2D eigenvalue weighted by molar-refractivity contribution is 6.23. The van der Waals surface area contributed by atoms with Crippen LogP contribution >= 0.6 is 0 Å². The van der Waals surface area contributed by atoms with E-state index in [2.05, 4.69) is 0 Å². The summed E-state index contributed by atoms with van der Waals surface area (Å²) in [5, 5.41) is 9.04. The van der Waals surface area contributed by atoms with Crippen molar-refractivity contribution in [2.24, 2.45) is 11.8 Å². The summed E-state index contributed by atoms with van der Waals surface area (Å²) in [4.78, 5) is 27.7. The van der Waals surface area contributed by atoms with E-state index in [1.807, 2.05) is 0 Å². The fourth-order valence-electron chi connectivity index (χ4n) is 5.72. The number of hydrogen-bond donors (Lipinski definition) is 0. The number of nitrogens with zero attached hydrogens (tertiary/aromatic N) is 2. The molecule has 2 aromatic rings. The maximum absolute atomic E-state index is 13.5. The summed E-state index contributed by atoms with van der Waals surface area (Å²) in [5.74, 6) is -3.32. The number of amides is 2. The van der Waals surface area contributed by atoms with Crippen molar-refractivity contribution in [1.29, 1.82) is 5.26 Å². The molecule has 5 nitrogen and oxygen atoms in total. The van der Waals surface area contributed by atoms with Crippen LogP contribution in [0.5, 0.6) is 0 Å². The lowest BCUT2D eigenvalue weighted by molar-refractivity contribution is -0.138. The number of imide groups is 1. The smallest absolute Gasteiger partial charge is 0.367 e. The maximum atomic E-state index is 13.5. The van der Waals surface area contributed by atoms with Crippen LogP contribution in [0.3, 0.4) is 0 Å². The molecular weight excluding hydrogens is 440 g/mol. The lowest BCUT2D eigenvalue weighted by Gasteiger charge is -2.31. The summed E-state index contributed by atoms with van der Waals surface area (Å²) < 4.78 is 60.1. The molecular formula is C24H18F4N2O3. The molecule has 9 heteroatoms. The number of ether oxygens (including phenoxy) is 1. The second-order valence-corrected chi connectivity index (χ2v) is 9.09. The first-order chi connectivity index (χ1) is 15.5. The molecule has 0 saturated carbocycles. The minimum absolute atomic E-state index is 0.217. The topological polar surface area (TPSA) is 70.4 Å². The van der Waals surface area contributed by atoms with Crippen LogP contribution in [-0.4, -0.2) is 23.0 Å². The van der Waals surface area contributed by atoms with Crippen LogP contribution in [-0.2, 0) is 26.9 Å². The molecule has 3 fully saturated rings. The number of carbonyl (C=O) groups excluding carboxylic acids is 2. The molecule has 4 atom stereocenters. The van der Waals surface area contributed by atoms with Crippen LogP contribution in [0.4, 0.5) is 23.2 Å². The van der Waals surface area contributed by atoms with Crippen LogP contribution in [0, 0.1) is 29.0 Å². The number of benzene rings is 2. The van der Waals surface area contributed by atoms with Gasteiger partial charge in [-0.2, -0.15) is 18.4 Å². The van der Waals surface area contributed by atoms with E-state index in [0.29, 0.717) is 18.9 Å². The molecule has 3 heterocycles. The molecule has 33 heavy (non-hydrogen) atoms. The highest BCUT2D eigenvalue weighted by Gasteiger charge is 2.73. The zero-order chi connectivity index (χ0) is 23.8. The van der Waals surface area contributed by atoms with Crippen molar-refractivity contribution in [2.45, 2.75) is 43.6 Å². The number of alkyl halides is 3. The van der Waals surface area contributed by atoms with E-state index in [-0.39, 0.29) is 12.1 Å². The fraction of sp³-hybridized carbons (Fsp3) is 0.375. The van der Waals surface area contributed by atoms with Gasteiger partial charge in [0.15, 0.2) is 0 Å². The minimum Gasteiger partial charge on any atom is -0.367 e. The lowest BCUT2D eigenvalue weighted by atomic mass is 9.66. The predicted molar refractivity (Wildman–Crippen MR) is 107 cm³/mol. The van der Waals surface area contributed by atoms with Gasteiger partial charge in [0.05, 0.1) is 45.9 Å². The highest BCUT2D eigenvalue weighted by Crippen LogP contribution is 2.62. The summed E-state index contributed by atoms with van der Waals surface area (Å²) in [6.07, 6.45) is -3.53. The third-order valence-corrected chi connectivity index (χ3v) is 7.12. The van der Waals surface area contributed by atoms with Gasteiger partial charge in [0.1, 0.15) is 5.82 Å². The van der Waals surface area contributed by atoms with E-state index < -0.39 is 58.0 Å². The highest BCUT2D eigenvalue weighted by atomic mass is 19.4. The number of halogens is 4. The van der Waals surface area contributed by atoms with Gasteiger partial charge in [0.25, 0.3) is 0 Å². The SMILES string of the molecule is C[C@@]12CC[C@@](Cc3ccc(F)cc3)(O1)[C@@H]1C(=O)N(c3ccc(C#N)c(C(F)(F)F)c3)C(=O)[C@@H]12. The number of anilines is 1. The van der Waals surface area contributed by atoms with Crippen LogP contribution in [0.25, 0.3) is 0 Å². The number of fused-ring (bicyclic) bond motifs is 5. The third-order valence-electron chi connectivity index (χ3n) is 7.12. The van der Waals surface area contributed by atoms with Crippen molar-refractivity contribution in [2.75, 3.05) is 4.90 Å². The van der Waals surface area contributed by atoms with Gasteiger partial charge in [-0.05, 0) is 55.7 Å². The molecule has 0 aliphatic carbocycles. The minimum atomic E-state index is -4.82. The average molecular weight is 458 g/mol. The largest absolute Gasteiger partial charge is 0.417 e. The molecule has 0 radical (unpaired) electrons. The van der Waals surface area contributed by atoms with Gasteiger partial charge in [0, 0.05) is 6.42 Å². The molecule has 2 bridgehead atoms. The van der Waals surface area contributed by atoms with Crippen molar-refractivity contribution in [3.05, 3.63) is 65.0 Å². The van der Waals surface area contributed by atoms with Gasteiger partial charge in [-0.25, -0.2) is 9.29 Å². The third kappa shape index (κ3) is 3.08. The Morgan fingerprint density at radius 1 is 1.09 bits per heavy atom. The number of nitriles is 1. The fourth-order valence-corrected chi connectivity index (χ4v) is 5.72. The molecule has 3 aliphatic rings. The predicted octanol–water partition coefficient (Wildman–Crippen LogP) is 4.39. The zero-order valence-electron chi connectivity index (χ0n) is 17.4. The Morgan fingerprint density at radius 3 is 2.39 bits per heavy atom. The van der Waals surface area contributed by atoms with Gasteiger partial charge in [0.2, 0.25) is 11.8 Å². The lowest BCUT2D eigenvalue weighted by Crippen LogP contribution is -2.43. The van der Waals surface area contributed by atoms with Gasteiger partial charge >= 0.3 is 6.18 Å². The molecule has 0 aromatic heterocycles. The first kappa shape index (κ1) is 21.6. The first-order valence-electron chi connectivity index (χ1n) is 10.4. The van der Waals surface area contributed by atoms with Crippen molar-refractivity contribution in [3.63, 3.8) is 0 Å². The van der Waals surface area contributed by atoms with Gasteiger partial charge in [-0.15, -0.1) is 0 Å². The first-order valence-corrected chi connectivity index (χ1v) is 10.4. The molecule has 170 valence electrons. The summed E-state index contributed by atoms with van der Waals surface area (Å²) >= 11 is 0. The van der Waals surface area contributed by atoms with E-state index in [0.717, 1.165) is 16.5 Å². The van der Waals surface area contributed by atoms with E-state index in [1.54, 1.807) is 19.1 Å². The number of carbonyl (C=O) groups is 2. The van der Waals surface area contributed by atoms with Crippen molar-refractivity contribution in [1.82, 2.24) is 0 Å². The van der Waals surface area contributed by atoms with E-state index in [4.69, 9.17) is 10.00 Å². The average Bonchev–Trinajstić information content (AvgIpc) is 3.33. The van der Waals surface area contributed by atoms with Crippen LogP contribution in [0.2, 0.25) is 0 Å². The van der Waals surface area contributed by atoms with E-state index >= 15 is 0 Å². The van der Waals surface area contributed by atoms with Crippen molar-refractivity contribution < 1.29 is 31.9 Å². The molecule has 0 spiro atoms. The normalized spacial score (nSPS) is 30.6. The Hall–Kier alpha value is -3.25. The van der Waals surface area contributed by atoms with Crippen LogP contribution in [0.15, 0.2) is 42.5 Å². The van der Waals surface area contributed by atoms with Crippen LogP contribution < -0.4 is 4.90 Å². The molecule has 3 aliphatic heterocycles. The van der Waals surface area contributed by atoms with E-state index in [9.17, 15) is 27.2 Å². The summed E-state index contributed by atoms with van der Waals surface area (Å²) in [5.41, 5.74) is -3.20. The summed E-state index contributed by atoms with van der Waals surface area (Å²) in [6, 6.07) is 10.1. The van der Waals surface area contributed by atoms with Gasteiger partial charge in [-0.1, -0.05) is 12.1 Å². The number of rotatable bonds is 3. The quantitative estimate of drug-likeness (QED) is 0.506. The molecule has 2 aromatic carbocycles. The second-order valence-electron chi connectivity index (χ2n) is 9.09. The van der Waals surface area contributed by atoms with Crippen molar-refractivity contribution >= 4 is 17.5 Å². The Labute approximate surface area is 186 Å². The maximum Gasteiger partial charge on any atom is 0.417 e. The Bertz CT molecular complexity index is 1220. The Kier molecular flexibility index (Phi) is 4.50. The van der Waals surface area contributed by atoms with Gasteiger partial charge in [-0.3, -0.25) is 9.59 Å². The molecule has 2 amide bonds. The van der Waals surface area contributed by atoms with Crippen molar-refractivity contribution in [3.8, 4) is 6.07 Å². The standard InChI is InChI=1S/C24H18F4N2O3/c1-22-8-9-23(33-22,11-13-2-5-15(25)6-3-13)19-18(22)20(31)30(21(19)32)16-7-4-14(12-29)17(10-16)24(26,27)28/h2-7,10,18-19H,8-9,11H2,1H3/t18-,19+,22+,23+/m1/s1. The van der Waals surface area contributed by atoms with E-state index in [1.165, 1.54) is 24.3 Å². The summed E-state index contributed by atoms with van der Waals surface area (Å²) in [6.45, 7) is 1.75. The Morgan fingerprint density at radius 2 is 1.76 bits per heavy atom. The molecule has 0 unspecified atom stereocenters. The van der Waals surface area contributed by atoms with Crippen LogP contribution in [0.1, 0.15) is 36.5 Å². The van der Waals surface area contributed by atoms with Gasteiger partial charge < -0.3 is 4.74 Å². The molecule has 3 saturated heterocycles. The molecule has 5 rings (SSSR count). The zero-order valence-corrected chi connectivity index (χ0v) is 17.4. The molecule has 0 N–H and O–H groups in total. The Balaban J connectivity index is 1.55. The number of hydrogen-bond acceptors (Lipinski definition) is 4.